The van der Waals surface area contributed by atoms with E-state index in [2.05, 4.69) is 6.58 Å². The molecule has 158 valence electrons. The van der Waals surface area contributed by atoms with Gasteiger partial charge in [0, 0.05) is 24.5 Å². The molecule has 1 unspecified atom stereocenters. The average Bonchev–Trinajstić information content (AvgIpc) is 3.02. The summed E-state index contributed by atoms with van der Waals surface area (Å²) >= 11 is 2.86. The van der Waals surface area contributed by atoms with Crippen molar-refractivity contribution in [1.29, 1.82) is 0 Å². The van der Waals surface area contributed by atoms with Gasteiger partial charge in [0.05, 0.1) is 10.6 Å². The normalized spacial score (nSPS) is 12.1. The molecule has 1 atom stereocenters. The summed E-state index contributed by atoms with van der Waals surface area (Å²) < 4.78 is 1.62. The number of carbonyl (C=O) groups excluding carboxylic acids is 1. The number of rotatable bonds is 8. The van der Waals surface area contributed by atoms with Crippen molar-refractivity contribution in [3.8, 4) is 0 Å². The van der Waals surface area contributed by atoms with Gasteiger partial charge in [0.15, 0.2) is 5.16 Å². The number of benzene rings is 1. The van der Waals surface area contributed by atoms with E-state index in [1.807, 2.05) is 62.9 Å². The fourth-order valence-corrected chi connectivity index (χ4v) is 5.38. The van der Waals surface area contributed by atoms with Crippen LogP contribution in [0.5, 0.6) is 0 Å². The molecule has 0 saturated carbocycles. The van der Waals surface area contributed by atoms with Crippen LogP contribution < -0.4 is 5.56 Å². The van der Waals surface area contributed by atoms with Crippen LogP contribution in [-0.2, 0) is 17.9 Å². The second-order valence-corrected chi connectivity index (χ2v) is 9.67. The molecule has 1 amide bonds. The molecule has 0 fully saturated rings. The van der Waals surface area contributed by atoms with Crippen LogP contribution >= 0.6 is 23.1 Å². The molecule has 0 aliphatic heterocycles. The third-order valence-corrected chi connectivity index (χ3v) is 7.28. The van der Waals surface area contributed by atoms with Crippen LogP contribution in [0.1, 0.15) is 29.9 Å². The number of fused-ring (bicyclic) bond motifs is 1. The number of nitrogens with zero attached hydrogens (tertiary/aromatic N) is 3. The SMILES string of the molecule is C=CCn1c(SC(C)C(=O)N(CC)Cc2ccccc2)nc2sc(C)c(C)c2c1=O. The molecule has 0 bridgehead atoms. The minimum absolute atomic E-state index is 0.0318. The van der Waals surface area contributed by atoms with E-state index in [-0.39, 0.29) is 16.7 Å². The number of hydrogen-bond acceptors (Lipinski definition) is 5. The Bertz CT molecular complexity index is 1120. The summed E-state index contributed by atoms with van der Waals surface area (Å²) in [6.07, 6.45) is 1.69. The van der Waals surface area contributed by atoms with Gasteiger partial charge >= 0.3 is 0 Å². The van der Waals surface area contributed by atoms with Crippen LogP contribution in [0.2, 0.25) is 0 Å². The molecule has 0 N–H and O–H groups in total. The van der Waals surface area contributed by atoms with Gasteiger partial charge in [-0.05, 0) is 38.8 Å². The fraction of sp³-hybridized carbons (Fsp3) is 0.348. The maximum absolute atomic E-state index is 13.1. The molecule has 0 saturated heterocycles. The Hall–Kier alpha value is -2.38. The maximum Gasteiger partial charge on any atom is 0.263 e. The van der Waals surface area contributed by atoms with E-state index >= 15 is 0 Å². The number of aromatic nitrogens is 2. The van der Waals surface area contributed by atoms with Crippen molar-refractivity contribution in [3.05, 3.63) is 69.3 Å². The van der Waals surface area contributed by atoms with Crippen molar-refractivity contribution in [2.24, 2.45) is 0 Å². The zero-order valence-corrected chi connectivity index (χ0v) is 19.5. The molecule has 5 nitrogen and oxygen atoms in total. The molecule has 30 heavy (non-hydrogen) atoms. The Morgan fingerprint density at radius 3 is 2.67 bits per heavy atom. The van der Waals surface area contributed by atoms with Gasteiger partial charge in [0.25, 0.3) is 5.56 Å². The van der Waals surface area contributed by atoms with Gasteiger partial charge in [0.2, 0.25) is 5.91 Å². The summed E-state index contributed by atoms with van der Waals surface area (Å²) in [5.74, 6) is 0.0318. The molecule has 1 aromatic carbocycles. The third kappa shape index (κ3) is 4.52. The number of amides is 1. The Balaban J connectivity index is 1.90. The van der Waals surface area contributed by atoms with Gasteiger partial charge < -0.3 is 4.90 Å². The molecule has 7 heteroatoms. The molecule has 0 aliphatic carbocycles. The number of hydrogen-bond donors (Lipinski definition) is 0. The van der Waals surface area contributed by atoms with Gasteiger partial charge in [-0.25, -0.2) is 4.98 Å². The maximum atomic E-state index is 13.1. The number of carbonyl (C=O) groups is 1. The molecule has 2 heterocycles. The standard InChI is InChI=1S/C23H27N3O2S2/c1-6-13-26-22(28)19-15(3)16(4)29-20(19)24-23(26)30-17(5)21(27)25(7-2)14-18-11-9-8-10-12-18/h6,8-12,17H,1,7,13-14H2,2-5H3. The third-order valence-electron chi connectivity index (χ3n) is 5.11. The van der Waals surface area contributed by atoms with Crippen molar-refractivity contribution in [1.82, 2.24) is 14.5 Å². The zero-order valence-electron chi connectivity index (χ0n) is 17.8. The number of allylic oxidation sites excluding steroid dienone is 1. The van der Waals surface area contributed by atoms with Gasteiger partial charge in [-0.3, -0.25) is 14.2 Å². The first-order chi connectivity index (χ1) is 14.4. The zero-order chi connectivity index (χ0) is 21.8. The molecule has 0 aliphatic rings. The highest BCUT2D eigenvalue weighted by Crippen LogP contribution is 2.30. The topological polar surface area (TPSA) is 55.2 Å². The van der Waals surface area contributed by atoms with Crippen LogP contribution in [0.3, 0.4) is 0 Å². The molecule has 0 spiro atoms. The van der Waals surface area contributed by atoms with Crippen molar-refractivity contribution < 1.29 is 4.79 Å². The van der Waals surface area contributed by atoms with Crippen molar-refractivity contribution in [2.45, 2.75) is 51.2 Å². The van der Waals surface area contributed by atoms with E-state index in [1.54, 1.807) is 10.6 Å². The van der Waals surface area contributed by atoms with E-state index in [1.165, 1.54) is 23.1 Å². The summed E-state index contributed by atoms with van der Waals surface area (Å²) in [5, 5.41) is 0.864. The first-order valence-electron chi connectivity index (χ1n) is 9.98. The van der Waals surface area contributed by atoms with E-state index in [4.69, 9.17) is 4.98 Å². The van der Waals surface area contributed by atoms with Crippen LogP contribution in [0.4, 0.5) is 0 Å². The van der Waals surface area contributed by atoms with Crippen molar-refractivity contribution in [3.63, 3.8) is 0 Å². The highest BCUT2D eigenvalue weighted by atomic mass is 32.2. The van der Waals surface area contributed by atoms with Crippen molar-refractivity contribution in [2.75, 3.05) is 6.54 Å². The monoisotopic (exact) mass is 441 g/mol. The highest BCUT2D eigenvalue weighted by Gasteiger charge is 2.24. The van der Waals surface area contributed by atoms with Crippen LogP contribution in [0.25, 0.3) is 10.2 Å². The predicted octanol–water partition coefficient (Wildman–Crippen LogP) is 4.79. The fourth-order valence-electron chi connectivity index (χ4n) is 3.30. The Morgan fingerprint density at radius 1 is 1.33 bits per heavy atom. The number of thioether (sulfide) groups is 1. The predicted molar refractivity (Wildman–Crippen MR) is 126 cm³/mol. The summed E-state index contributed by atoms with van der Waals surface area (Å²) in [5.41, 5.74) is 2.00. The molecular weight excluding hydrogens is 414 g/mol. The van der Waals surface area contributed by atoms with Gasteiger partial charge in [-0.1, -0.05) is 48.2 Å². The lowest BCUT2D eigenvalue weighted by molar-refractivity contribution is -0.130. The Morgan fingerprint density at radius 2 is 2.03 bits per heavy atom. The minimum atomic E-state index is -0.365. The first-order valence-corrected chi connectivity index (χ1v) is 11.7. The largest absolute Gasteiger partial charge is 0.338 e. The molecule has 2 aromatic heterocycles. The molecule has 0 radical (unpaired) electrons. The van der Waals surface area contributed by atoms with Crippen LogP contribution in [-0.4, -0.2) is 32.2 Å². The lowest BCUT2D eigenvalue weighted by atomic mass is 10.2. The lowest BCUT2D eigenvalue weighted by Gasteiger charge is -2.24. The van der Waals surface area contributed by atoms with Gasteiger partial charge in [-0.15, -0.1) is 17.9 Å². The molecule has 3 rings (SSSR count). The smallest absolute Gasteiger partial charge is 0.263 e. The highest BCUT2D eigenvalue weighted by molar-refractivity contribution is 8.00. The summed E-state index contributed by atoms with van der Waals surface area (Å²) in [6, 6.07) is 9.96. The molecule has 3 aromatic rings. The lowest BCUT2D eigenvalue weighted by Crippen LogP contribution is -2.36. The van der Waals surface area contributed by atoms with Crippen LogP contribution in [0, 0.1) is 13.8 Å². The second kappa shape index (κ2) is 9.62. The average molecular weight is 442 g/mol. The first kappa shape index (κ1) is 22.3. The molecular formula is C23H27N3O2S2. The van der Waals surface area contributed by atoms with Crippen LogP contribution in [0.15, 0.2) is 52.9 Å². The van der Waals surface area contributed by atoms with E-state index < -0.39 is 0 Å². The summed E-state index contributed by atoms with van der Waals surface area (Å²) in [4.78, 5) is 34.7. The van der Waals surface area contributed by atoms with E-state index in [0.29, 0.717) is 30.2 Å². The van der Waals surface area contributed by atoms with Crippen molar-refractivity contribution >= 4 is 39.2 Å². The second-order valence-electron chi connectivity index (χ2n) is 7.16. The number of aryl methyl sites for hydroxylation is 2. The Kier molecular flexibility index (Phi) is 7.15. The summed E-state index contributed by atoms with van der Waals surface area (Å²) in [7, 11) is 0. The summed E-state index contributed by atoms with van der Waals surface area (Å²) in [6.45, 7) is 13.1. The minimum Gasteiger partial charge on any atom is -0.338 e. The number of thiophene rings is 1. The van der Waals surface area contributed by atoms with E-state index in [0.717, 1.165) is 20.8 Å². The van der Waals surface area contributed by atoms with Gasteiger partial charge in [-0.2, -0.15) is 0 Å². The Labute approximate surface area is 185 Å². The quantitative estimate of drug-likeness (QED) is 0.286. The van der Waals surface area contributed by atoms with Gasteiger partial charge in [0.1, 0.15) is 4.83 Å². The van der Waals surface area contributed by atoms with E-state index in [9.17, 15) is 9.59 Å².